The molecular weight excluding hydrogens is 320 g/mol. The summed E-state index contributed by atoms with van der Waals surface area (Å²) in [6, 6.07) is 1.75. The highest BCUT2D eigenvalue weighted by molar-refractivity contribution is 5.85. The number of halogens is 1. The van der Waals surface area contributed by atoms with Crippen molar-refractivity contribution in [2.24, 2.45) is 11.7 Å². The van der Waals surface area contributed by atoms with Crippen LogP contribution in [-0.4, -0.2) is 28.1 Å². The van der Waals surface area contributed by atoms with Gasteiger partial charge in [-0.3, -0.25) is 4.79 Å². The number of hydrogen-bond donors (Lipinski definition) is 2. The average molecular weight is 341 g/mol. The molecule has 1 atom stereocenters. The summed E-state index contributed by atoms with van der Waals surface area (Å²) in [5, 5.41) is 6.91. The van der Waals surface area contributed by atoms with Crippen LogP contribution < -0.4 is 11.1 Å². The summed E-state index contributed by atoms with van der Waals surface area (Å²) >= 11 is 0. The first-order chi connectivity index (χ1) is 10.6. The molecule has 1 aliphatic rings. The van der Waals surface area contributed by atoms with Crippen LogP contribution in [0.2, 0.25) is 0 Å². The highest BCUT2D eigenvalue weighted by Crippen LogP contribution is 2.39. The first kappa shape index (κ1) is 17.5. The lowest BCUT2D eigenvalue weighted by atomic mass is 9.95. The maximum atomic E-state index is 12.1. The van der Waals surface area contributed by atoms with E-state index in [1.165, 1.54) is 0 Å². The lowest BCUT2D eigenvalue weighted by molar-refractivity contribution is -0.123. The Hall–Kier alpha value is -1.86. The minimum Gasteiger partial charge on any atom is -0.472 e. The molecule has 1 saturated carbocycles. The molecule has 2 aromatic heterocycles. The molecule has 1 aliphatic carbocycles. The fraction of sp³-hybridized carbons (Fsp3) is 0.533. The van der Waals surface area contributed by atoms with Gasteiger partial charge in [0.1, 0.15) is 6.26 Å². The lowest BCUT2D eigenvalue weighted by Gasteiger charge is -2.29. The monoisotopic (exact) mass is 340 g/mol. The molecule has 0 aromatic carbocycles. The number of aromatic nitrogens is 2. The summed E-state index contributed by atoms with van der Waals surface area (Å²) in [4.78, 5) is 16.3. The Balaban J connectivity index is 0.00000192. The number of nitrogens with two attached hydrogens (primary N) is 1. The van der Waals surface area contributed by atoms with Crippen LogP contribution in [-0.2, 0) is 11.2 Å². The van der Waals surface area contributed by atoms with Crippen LogP contribution in [0.25, 0.3) is 11.4 Å². The topological polar surface area (TPSA) is 107 Å². The van der Waals surface area contributed by atoms with Crippen molar-refractivity contribution in [1.29, 1.82) is 0 Å². The normalized spacial score (nSPS) is 16.4. The number of nitrogens with zero attached hydrogens (tertiary/aromatic N) is 2. The van der Waals surface area contributed by atoms with Gasteiger partial charge in [0.15, 0.2) is 0 Å². The first-order valence-corrected chi connectivity index (χ1v) is 7.47. The third-order valence-electron chi connectivity index (χ3n) is 4.14. The van der Waals surface area contributed by atoms with Gasteiger partial charge in [-0.15, -0.1) is 12.4 Å². The van der Waals surface area contributed by atoms with Crippen LogP contribution in [0.1, 0.15) is 32.1 Å². The van der Waals surface area contributed by atoms with E-state index in [2.05, 4.69) is 15.5 Å². The molecule has 0 radical (unpaired) electrons. The molecule has 1 fully saturated rings. The first-order valence-electron chi connectivity index (χ1n) is 7.47. The van der Waals surface area contributed by atoms with E-state index in [-0.39, 0.29) is 23.9 Å². The van der Waals surface area contributed by atoms with Gasteiger partial charge in [0, 0.05) is 19.4 Å². The molecule has 7 nitrogen and oxygen atoms in total. The smallest absolute Gasteiger partial charge is 0.227 e. The average Bonchev–Trinajstić information content (AvgIpc) is 3.04. The predicted octanol–water partition coefficient (Wildman–Crippen LogP) is 1.93. The Labute approximate surface area is 140 Å². The summed E-state index contributed by atoms with van der Waals surface area (Å²) in [5.41, 5.74) is 6.25. The summed E-state index contributed by atoms with van der Waals surface area (Å²) in [7, 11) is 0. The van der Waals surface area contributed by atoms with Gasteiger partial charge in [-0.25, -0.2) is 0 Å². The zero-order valence-electron chi connectivity index (χ0n) is 12.9. The van der Waals surface area contributed by atoms with E-state index in [9.17, 15) is 4.79 Å². The van der Waals surface area contributed by atoms with Crippen LogP contribution in [0, 0.1) is 5.92 Å². The number of carbonyl (C=O) groups excluding carboxylic acids is 1. The molecule has 0 aliphatic heterocycles. The second-order valence-electron chi connectivity index (χ2n) is 5.97. The Bertz CT molecular complexity index is 639. The molecule has 8 heteroatoms. The zero-order chi connectivity index (χ0) is 15.6. The van der Waals surface area contributed by atoms with Crippen molar-refractivity contribution in [3.05, 3.63) is 24.5 Å². The molecule has 3 N–H and O–H groups in total. The third-order valence-corrected chi connectivity index (χ3v) is 4.14. The van der Waals surface area contributed by atoms with Gasteiger partial charge in [-0.2, -0.15) is 4.98 Å². The maximum absolute atomic E-state index is 12.1. The van der Waals surface area contributed by atoms with E-state index in [0.29, 0.717) is 37.0 Å². The molecule has 0 bridgehead atoms. The van der Waals surface area contributed by atoms with E-state index < -0.39 is 0 Å². The van der Waals surface area contributed by atoms with Crippen LogP contribution in [0.5, 0.6) is 0 Å². The van der Waals surface area contributed by atoms with E-state index in [4.69, 9.17) is 14.7 Å². The Morgan fingerprint density at radius 1 is 1.52 bits per heavy atom. The number of aryl methyl sites for hydroxylation is 1. The number of amides is 1. The number of hydrogen-bond acceptors (Lipinski definition) is 6. The van der Waals surface area contributed by atoms with Crippen molar-refractivity contribution in [1.82, 2.24) is 15.5 Å². The maximum Gasteiger partial charge on any atom is 0.227 e. The van der Waals surface area contributed by atoms with E-state index in [1.807, 2.05) is 6.92 Å². The summed E-state index contributed by atoms with van der Waals surface area (Å²) in [6.07, 6.45) is 6.06. The third kappa shape index (κ3) is 4.11. The van der Waals surface area contributed by atoms with Crippen molar-refractivity contribution >= 4 is 18.3 Å². The fourth-order valence-corrected chi connectivity index (χ4v) is 2.51. The Morgan fingerprint density at radius 3 is 2.91 bits per heavy atom. The minimum atomic E-state index is -0.298. The van der Waals surface area contributed by atoms with Crippen molar-refractivity contribution < 1.29 is 13.7 Å². The molecule has 2 heterocycles. The molecule has 0 saturated heterocycles. The van der Waals surface area contributed by atoms with Crippen LogP contribution >= 0.6 is 12.4 Å². The molecule has 2 aromatic rings. The van der Waals surface area contributed by atoms with Gasteiger partial charge < -0.3 is 20.0 Å². The highest BCUT2D eigenvalue weighted by Gasteiger charge is 2.41. The summed E-state index contributed by atoms with van der Waals surface area (Å²) in [5.74, 6) is 1.36. The Morgan fingerprint density at radius 2 is 2.30 bits per heavy atom. The molecule has 126 valence electrons. The molecule has 3 rings (SSSR count). The molecule has 0 spiro atoms. The number of carbonyl (C=O) groups is 1. The predicted molar refractivity (Wildman–Crippen MR) is 85.9 cm³/mol. The fourth-order valence-electron chi connectivity index (χ4n) is 2.51. The van der Waals surface area contributed by atoms with E-state index in [1.54, 1.807) is 18.6 Å². The van der Waals surface area contributed by atoms with Gasteiger partial charge in [0.05, 0.1) is 17.4 Å². The SMILES string of the molecule is CC(CN)(NC(=O)CCc1nc(-c2ccoc2)no1)C1CC1.Cl. The quantitative estimate of drug-likeness (QED) is 0.797. The van der Waals surface area contributed by atoms with E-state index >= 15 is 0 Å². The second kappa shape index (κ2) is 7.14. The van der Waals surface area contributed by atoms with Gasteiger partial charge in [0.25, 0.3) is 0 Å². The number of furan rings is 1. The van der Waals surface area contributed by atoms with Gasteiger partial charge in [0.2, 0.25) is 17.6 Å². The molecule has 1 unspecified atom stereocenters. The minimum absolute atomic E-state index is 0. The van der Waals surface area contributed by atoms with Crippen LogP contribution in [0.3, 0.4) is 0 Å². The molecule has 23 heavy (non-hydrogen) atoms. The van der Waals surface area contributed by atoms with Gasteiger partial charge in [-0.1, -0.05) is 5.16 Å². The molecule has 1 amide bonds. The largest absolute Gasteiger partial charge is 0.472 e. The Kier molecular flexibility index (Phi) is 5.43. The standard InChI is InChI=1S/C15H20N4O3.ClH/c1-15(9-16,11-2-3-11)18-12(20)4-5-13-17-14(19-22-13)10-6-7-21-8-10;/h6-8,11H,2-5,9,16H2,1H3,(H,18,20);1H. The van der Waals surface area contributed by atoms with Crippen molar-refractivity contribution in [2.75, 3.05) is 6.54 Å². The van der Waals surface area contributed by atoms with Crippen molar-refractivity contribution in [2.45, 2.75) is 38.1 Å². The van der Waals surface area contributed by atoms with E-state index in [0.717, 1.165) is 18.4 Å². The van der Waals surface area contributed by atoms with Gasteiger partial charge in [-0.05, 0) is 31.7 Å². The lowest BCUT2D eigenvalue weighted by Crippen LogP contribution is -2.53. The van der Waals surface area contributed by atoms with Crippen molar-refractivity contribution in [3.63, 3.8) is 0 Å². The summed E-state index contributed by atoms with van der Waals surface area (Å²) in [6.45, 7) is 2.46. The molecular formula is C15H21ClN4O3. The van der Waals surface area contributed by atoms with Gasteiger partial charge >= 0.3 is 0 Å². The number of rotatable bonds is 7. The van der Waals surface area contributed by atoms with Crippen LogP contribution in [0.4, 0.5) is 0 Å². The number of nitrogens with one attached hydrogen (secondary N) is 1. The second-order valence-corrected chi connectivity index (χ2v) is 5.97. The van der Waals surface area contributed by atoms with Crippen molar-refractivity contribution in [3.8, 4) is 11.4 Å². The summed E-state index contributed by atoms with van der Waals surface area (Å²) < 4.78 is 10.1. The highest BCUT2D eigenvalue weighted by atomic mass is 35.5. The zero-order valence-corrected chi connectivity index (χ0v) is 13.8. The van der Waals surface area contributed by atoms with Crippen LogP contribution in [0.15, 0.2) is 27.5 Å².